The molecule has 3 rings (SSSR count). The van der Waals surface area contributed by atoms with Crippen molar-refractivity contribution in [3.8, 4) is 11.5 Å². The molecule has 1 aliphatic rings. The second-order valence-corrected chi connectivity index (χ2v) is 8.21. The highest BCUT2D eigenvalue weighted by Crippen LogP contribution is 2.36. The third-order valence-electron chi connectivity index (χ3n) is 4.95. The number of halogens is 3. The first-order valence-electron chi connectivity index (χ1n) is 9.17. The van der Waals surface area contributed by atoms with E-state index in [1.165, 1.54) is 6.07 Å². The maximum Gasteiger partial charge on any atom is 0.416 e. The Kier molecular flexibility index (Phi) is 5.17. The average molecular weight is 394 g/mol. The fourth-order valence-corrected chi connectivity index (χ4v) is 3.41. The number of carbonyl (C=O) groups is 1. The van der Waals surface area contributed by atoms with Gasteiger partial charge in [-0.25, -0.2) is 0 Å². The molecule has 1 unspecified atom stereocenters. The molecule has 2 aromatic rings. The molecule has 0 spiro atoms. The lowest BCUT2D eigenvalue weighted by Gasteiger charge is -2.26. The fourth-order valence-electron chi connectivity index (χ4n) is 3.41. The third kappa shape index (κ3) is 4.32. The van der Waals surface area contributed by atoms with Crippen LogP contribution in [0.15, 0.2) is 36.4 Å². The Morgan fingerprint density at radius 1 is 1.18 bits per heavy atom. The predicted molar refractivity (Wildman–Crippen MR) is 102 cm³/mol. The van der Waals surface area contributed by atoms with Crippen LogP contribution in [0.4, 0.5) is 13.2 Å². The summed E-state index contributed by atoms with van der Waals surface area (Å²) in [6.07, 6.45) is -4.29. The Labute approximate surface area is 163 Å². The van der Waals surface area contributed by atoms with Gasteiger partial charge in [0.05, 0.1) is 5.56 Å². The topological polar surface area (TPSA) is 46.5 Å². The third-order valence-corrected chi connectivity index (χ3v) is 4.95. The molecule has 2 aromatic carbocycles. The SMILES string of the molecule is CC(C)(C)c1ccc(CC(=O)C2CCc3ccc(C(F)(F)F)cc3O2)cc1O.[HH]. The van der Waals surface area contributed by atoms with E-state index in [0.717, 1.165) is 17.7 Å². The number of aromatic hydroxyl groups is 1. The van der Waals surface area contributed by atoms with Gasteiger partial charge in [-0.05, 0) is 53.1 Å². The minimum Gasteiger partial charge on any atom is -0.508 e. The minimum absolute atomic E-state index is 0. The van der Waals surface area contributed by atoms with E-state index in [1.807, 2.05) is 20.8 Å². The molecular formula is C22H25F3O3. The van der Waals surface area contributed by atoms with Crippen LogP contribution in [-0.4, -0.2) is 17.0 Å². The fraction of sp³-hybridized carbons (Fsp3) is 0.409. The Morgan fingerprint density at radius 3 is 2.50 bits per heavy atom. The molecule has 3 nitrogen and oxygen atoms in total. The summed E-state index contributed by atoms with van der Waals surface area (Å²) in [7, 11) is 0. The van der Waals surface area contributed by atoms with Crippen molar-refractivity contribution in [3.05, 3.63) is 58.7 Å². The molecule has 0 bridgehead atoms. The number of hydrogen-bond donors (Lipinski definition) is 1. The molecule has 1 N–H and O–H groups in total. The number of alkyl halides is 3. The van der Waals surface area contributed by atoms with Gasteiger partial charge in [0.25, 0.3) is 0 Å². The second kappa shape index (κ2) is 7.15. The minimum atomic E-state index is -4.46. The van der Waals surface area contributed by atoms with Crippen molar-refractivity contribution in [1.29, 1.82) is 0 Å². The molecule has 1 atom stereocenters. The number of benzene rings is 2. The molecule has 152 valence electrons. The van der Waals surface area contributed by atoms with Gasteiger partial charge in [-0.3, -0.25) is 4.79 Å². The van der Waals surface area contributed by atoms with E-state index >= 15 is 0 Å². The highest BCUT2D eigenvalue weighted by atomic mass is 19.4. The van der Waals surface area contributed by atoms with Crippen LogP contribution in [-0.2, 0) is 29.2 Å². The first-order valence-corrected chi connectivity index (χ1v) is 9.17. The molecule has 0 saturated carbocycles. The van der Waals surface area contributed by atoms with Crippen molar-refractivity contribution < 1.29 is 29.2 Å². The molecule has 0 radical (unpaired) electrons. The van der Waals surface area contributed by atoms with Crippen LogP contribution in [0.1, 0.15) is 50.9 Å². The van der Waals surface area contributed by atoms with Gasteiger partial charge in [-0.1, -0.05) is 39.0 Å². The van der Waals surface area contributed by atoms with Crippen LogP contribution >= 0.6 is 0 Å². The average Bonchev–Trinajstić information content (AvgIpc) is 2.59. The van der Waals surface area contributed by atoms with Crippen molar-refractivity contribution in [2.75, 3.05) is 0 Å². The highest BCUT2D eigenvalue weighted by molar-refractivity contribution is 5.86. The summed E-state index contributed by atoms with van der Waals surface area (Å²) in [5.74, 6) is 0.0267. The molecule has 0 amide bonds. The quantitative estimate of drug-likeness (QED) is 0.752. The standard InChI is InChI=1S/C22H23F3O3.H2/c1-21(2,3)16-8-4-13(10-17(16)26)11-18(27)19-9-6-14-5-7-15(22(23,24)25)12-20(14)28-19;/h4-5,7-8,10,12,19,26H,6,9,11H2,1-3H3;1H. The molecule has 0 saturated heterocycles. The normalized spacial score (nSPS) is 17.0. The Hall–Kier alpha value is -2.50. The van der Waals surface area contributed by atoms with E-state index in [-0.39, 0.29) is 30.5 Å². The van der Waals surface area contributed by atoms with Gasteiger partial charge in [-0.15, -0.1) is 0 Å². The molecule has 1 aliphatic heterocycles. The van der Waals surface area contributed by atoms with E-state index < -0.39 is 17.8 Å². The van der Waals surface area contributed by atoms with E-state index in [4.69, 9.17) is 4.74 Å². The van der Waals surface area contributed by atoms with Gasteiger partial charge in [0.1, 0.15) is 11.5 Å². The summed E-state index contributed by atoms with van der Waals surface area (Å²) >= 11 is 0. The van der Waals surface area contributed by atoms with E-state index in [2.05, 4.69) is 0 Å². The first-order chi connectivity index (χ1) is 12.9. The summed E-state index contributed by atoms with van der Waals surface area (Å²) in [5.41, 5.74) is 1.09. The van der Waals surface area contributed by atoms with Crippen molar-refractivity contribution in [2.45, 2.75) is 57.7 Å². The van der Waals surface area contributed by atoms with Gasteiger partial charge in [0.15, 0.2) is 11.9 Å². The summed E-state index contributed by atoms with van der Waals surface area (Å²) in [6, 6.07) is 8.54. The largest absolute Gasteiger partial charge is 0.508 e. The first kappa shape index (κ1) is 20.2. The predicted octanol–water partition coefficient (Wildman–Crippen LogP) is 5.46. The van der Waals surface area contributed by atoms with Gasteiger partial charge in [-0.2, -0.15) is 13.2 Å². The molecule has 1 heterocycles. The molecular weight excluding hydrogens is 369 g/mol. The maximum absolute atomic E-state index is 12.9. The number of ketones is 1. The molecule has 0 fully saturated rings. The molecule has 28 heavy (non-hydrogen) atoms. The van der Waals surface area contributed by atoms with Gasteiger partial charge < -0.3 is 9.84 Å². The van der Waals surface area contributed by atoms with Gasteiger partial charge >= 0.3 is 6.18 Å². The maximum atomic E-state index is 12.9. The number of aryl methyl sites for hydroxylation is 1. The number of ether oxygens (including phenoxy) is 1. The number of phenols is 1. The number of phenolic OH excluding ortho intramolecular Hbond substituents is 1. The molecule has 0 aliphatic carbocycles. The van der Waals surface area contributed by atoms with Crippen LogP contribution in [0.5, 0.6) is 11.5 Å². The zero-order chi connectivity index (χ0) is 20.7. The van der Waals surface area contributed by atoms with Gasteiger partial charge in [0.2, 0.25) is 0 Å². The van der Waals surface area contributed by atoms with Crippen LogP contribution < -0.4 is 4.74 Å². The van der Waals surface area contributed by atoms with Crippen molar-refractivity contribution in [1.82, 2.24) is 0 Å². The molecule has 6 heteroatoms. The van der Waals surface area contributed by atoms with Crippen molar-refractivity contribution >= 4 is 5.78 Å². The number of rotatable bonds is 3. The Morgan fingerprint density at radius 2 is 1.89 bits per heavy atom. The summed E-state index contributed by atoms with van der Waals surface area (Å²) in [4.78, 5) is 12.6. The van der Waals surface area contributed by atoms with Crippen LogP contribution in [0.3, 0.4) is 0 Å². The number of carbonyl (C=O) groups excluding carboxylic acids is 1. The Bertz CT molecular complexity index is 901. The van der Waals surface area contributed by atoms with Crippen LogP contribution in [0, 0.1) is 0 Å². The zero-order valence-corrected chi connectivity index (χ0v) is 16.1. The lowest BCUT2D eigenvalue weighted by Crippen LogP contribution is -2.32. The smallest absolute Gasteiger partial charge is 0.416 e. The lowest BCUT2D eigenvalue weighted by atomic mass is 9.85. The number of hydrogen-bond acceptors (Lipinski definition) is 3. The highest BCUT2D eigenvalue weighted by Gasteiger charge is 2.33. The van der Waals surface area contributed by atoms with E-state index in [9.17, 15) is 23.1 Å². The summed E-state index contributed by atoms with van der Waals surface area (Å²) < 4.78 is 44.3. The Balaban J connectivity index is 0.00000300. The number of fused-ring (bicyclic) bond motifs is 1. The lowest BCUT2D eigenvalue weighted by molar-refractivity contribution is -0.137. The van der Waals surface area contributed by atoms with E-state index in [0.29, 0.717) is 24.0 Å². The summed E-state index contributed by atoms with van der Waals surface area (Å²) in [5, 5.41) is 10.2. The molecule has 0 aromatic heterocycles. The summed E-state index contributed by atoms with van der Waals surface area (Å²) in [6.45, 7) is 5.94. The van der Waals surface area contributed by atoms with E-state index in [1.54, 1.807) is 18.2 Å². The van der Waals surface area contributed by atoms with Crippen LogP contribution in [0.25, 0.3) is 0 Å². The van der Waals surface area contributed by atoms with Gasteiger partial charge in [0, 0.05) is 7.85 Å². The van der Waals surface area contributed by atoms with Crippen molar-refractivity contribution in [2.24, 2.45) is 0 Å². The monoisotopic (exact) mass is 394 g/mol. The number of Topliss-reactive ketones (excluding diaryl/α,β-unsaturated/α-hetero) is 1. The van der Waals surface area contributed by atoms with Crippen molar-refractivity contribution in [3.63, 3.8) is 0 Å². The van der Waals surface area contributed by atoms with Crippen LogP contribution in [0.2, 0.25) is 0 Å². The zero-order valence-electron chi connectivity index (χ0n) is 16.1. The second-order valence-electron chi connectivity index (χ2n) is 8.21.